The highest BCUT2D eigenvalue weighted by molar-refractivity contribution is 7.11. The predicted octanol–water partition coefficient (Wildman–Crippen LogP) is 5.15. The monoisotopic (exact) mass is 431 g/mol. The van der Waals surface area contributed by atoms with Crippen molar-refractivity contribution in [2.75, 3.05) is 19.8 Å². The van der Waals surface area contributed by atoms with Gasteiger partial charge >= 0.3 is 0 Å². The van der Waals surface area contributed by atoms with Crippen molar-refractivity contribution in [3.8, 4) is 17.2 Å². The van der Waals surface area contributed by atoms with Gasteiger partial charge in [-0.2, -0.15) is 22.7 Å². The average Bonchev–Trinajstić information content (AvgIpc) is 2.83. The van der Waals surface area contributed by atoms with Gasteiger partial charge in [0.15, 0.2) is 0 Å². The largest absolute Gasteiger partial charge is 0.494 e. The van der Waals surface area contributed by atoms with Crippen LogP contribution in [0.25, 0.3) is 0 Å². The minimum absolute atomic E-state index is 0.670. The van der Waals surface area contributed by atoms with Crippen molar-refractivity contribution >= 4 is 22.5 Å². The van der Waals surface area contributed by atoms with Crippen molar-refractivity contribution in [1.82, 2.24) is 0 Å². The van der Waals surface area contributed by atoms with Gasteiger partial charge in [-0.25, -0.2) is 0 Å². The quantitative estimate of drug-likeness (QED) is 0.371. The molecule has 3 aromatic rings. The Bertz CT molecular complexity index is 813. The summed E-state index contributed by atoms with van der Waals surface area (Å²) < 4.78 is 17.2. The molecular formula is C28H36BO3-. The lowest BCUT2D eigenvalue weighted by molar-refractivity contribution is 0.340. The first-order chi connectivity index (χ1) is 15.7. The molecule has 32 heavy (non-hydrogen) atoms. The van der Waals surface area contributed by atoms with E-state index in [9.17, 15) is 0 Å². The molecule has 0 N–H and O–H groups in total. The van der Waals surface area contributed by atoms with E-state index in [1.807, 2.05) is 20.8 Å². The molecule has 4 heteroatoms. The molecule has 0 aliphatic rings. The molecule has 0 saturated heterocycles. The van der Waals surface area contributed by atoms with Crippen LogP contribution in [0, 0.1) is 0 Å². The fourth-order valence-electron chi connectivity index (χ4n) is 4.77. The van der Waals surface area contributed by atoms with E-state index in [4.69, 9.17) is 14.2 Å². The van der Waals surface area contributed by atoms with E-state index in [2.05, 4.69) is 79.7 Å². The number of rotatable bonds is 12. The first kappa shape index (κ1) is 23.8. The van der Waals surface area contributed by atoms with Crippen LogP contribution in [0.15, 0.2) is 72.8 Å². The first-order valence-electron chi connectivity index (χ1n) is 12.0. The topological polar surface area (TPSA) is 27.7 Å². The highest BCUT2D eigenvalue weighted by atomic mass is 16.5. The van der Waals surface area contributed by atoms with E-state index in [1.165, 1.54) is 16.4 Å². The van der Waals surface area contributed by atoms with E-state index in [0.717, 1.165) is 36.4 Å². The van der Waals surface area contributed by atoms with Crippen LogP contribution in [0.1, 0.15) is 40.5 Å². The number of hydrogen-bond donors (Lipinski definition) is 0. The molecule has 3 aromatic carbocycles. The predicted molar refractivity (Wildman–Crippen MR) is 137 cm³/mol. The first-order valence-corrected chi connectivity index (χ1v) is 12.0. The van der Waals surface area contributed by atoms with E-state index < -0.39 is 6.15 Å². The van der Waals surface area contributed by atoms with E-state index >= 15 is 0 Å². The molecule has 0 aliphatic carbocycles. The van der Waals surface area contributed by atoms with Crippen LogP contribution in [-0.2, 0) is 0 Å². The van der Waals surface area contributed by atoms with Crippen LogP contribution >= 0.6 is 0 Å². The molecule has 0 fully saturated rings. The van der Waals surface area contributed by atoms with Crippen molar-refractivity contribution < 1.29 is 14.2 Å². The summed E-state index contributed by atoms with van der Waals surface area (Å²) in [6, 6.07) is 26.1. The van der Waals surface area contributed by atoms with Gasteiger partial charge in [0.25, 0.3) is 0 Å². The molecule has 170 valence electrons. The summed E-state index contributed by atoms with van der Waals surface area (Å²) in [5.74, 6) is 2.74. The minimum Gasteiger partial charge on any atom is -0.494 e. The van der Waals surface area contributed by atoms with Gasteiger partial charge in [0.2, 0.25) is 0 Å². The third-order valence-corrected chi connectivity index (χ3v) is 6.27. The average molecular weight is 431 g/mol. The van der Waals surface area contributed by atoms with Crippen LogP contribution in [0.4, 0.5) is 0 Å². The van der Waals surface area contributed by atoms with Gasteiger partial charge < -0.3 is 14.2 Å². The lowest BCUT2D eigenvalue weighted by Gasteiger charge is -2.43. The Labute approximate surface area is 193 Å². The molecule has 0 unspecified atom stereocenters. The number of unbranched alkanes of at least 4 members (excludes halogenated alkanes) is 1. The lowest BCUT2D eigenvalue weighted by Crippen LogP contribution is -2.66. The second-order valence-electron chi connectivity index (χ2n) is 8.19. The minimum atomic E-state index is -1.16. The molecule has 3 nitrogen and oxygen atoms in total. The van der Waals surface area contributed by atoms with E-state index in [0.29, 0.717) is 19.8 Å². The SMILES string of the molecule is CCCC[B-](c1ccc(OCC)cc1)(c1ccc(OCC)cc1)c1ccc(OCC)cc1. The molecule has 0 spiro atoms. The van der Waals surface area contributed by atoms with Crippen molar-refractivity contribution in [3.63, 3.8) is 0 Å². The zero-order chi connectivity index (χ0) is 22.8. The Morgan fingerprint density at radius 3 is 1.06 bits per heavy atom. The third-order valence-electron chi connectivity index (χ3n) is 6.27. The highest BCUT2D eigenvalue weighted by Crippen LogP contribution is 2.21. The summed E-state index contributed by atoms with van der Waals surface area (Å²) in [4.78, 5) is 0. The Kier molecular flexibility index (Phi) is 8.67. The maximum atomic E-state index is 5.73. The molecule has 0 amide bonds. The van der Waals surface area contributed by atoms with Crippen molar-refractivity contribution in [1.29, 1.82) is 0 Å². The van der Waals surface area contributed by atoms with Crippen LogP contribution < -0.4 is 30.6 Å². The fraction of sp³-hybridized carbons (Fsp3) is 0.357. The summed E-state index contributed by atoms with van der Waals surface area (Å²) in [7, 11) is 0. The maximum Gasteiger partial charge on any atom is 0.119 e. The molecule has 0 radical (unpaired) electrons. The molecule has 0 aliphatic heterocycles. The Morgan fingerprint density at radius 2 is 0.812 bits per heavy atom. The zero-order valence-corrected chi connectivity index (χ0v) is 20.0. The smallest absolute Gasteiger partial charge is 0.119 e. The molecular weight excluding hydrogens is 395 g/mol. The van der Waals surface area contributed by atoms with Gasteiger partial charge in [0.1, 0.15) is 17.2 Å². The van der Waals surface area contributed by atoms with Crippen LogP contribution in [0.2, 0.25) is 6.32 Å². The Morgan fingerprint density at radius 1 is 0.500 bits per heavy atom. The van der Waals surface area contributed by atoms with Gasteiger partial charge in [-0.15, -0.1) is 0 Å². The second-order valence-corrected chi connectivity index (χ2v) is 8.19. The fourth-order valence-corrected chi connectivity index (χ4v) is 4.77. The van der Waals surface area contributed by atoms with Gasteiger partial charge in [-0.1, -0.05) is 56.2 Å². The molecule has 3 rings (SSSR count). The summed E-state index contributed by atoms with van der Waals surface area (Å²) in [6.07, 6.45) is 2.21. The highest BCUT2D eigenvalue weighted by Gasteiger charge is 2.29. The molecule has 0 aromatic heterocycles. The number of hydrogen-bond acceptors (Lipinski definition) is 3. The Balaban J connectivity index is 2.17. The summed E-state index contributed by atoms with van der Waals surface area (Å²) in [5, 5.41) is 0. The Hall–Kier alpha value is -2.88. The summed E-state index contributed by atoms with van der Waals surface area (Å²) in [5.41, 5.74) is 3.99. The van der Waals surface area contributed by atoms with Crippen molar-refractivity contribution in [2.45, 2.75) is 46.9 Å². The van der Waals surface area contributed by atoms with E-state index in [1.54, 1.807) is 0 Å². The van der Waals surface area contributed by atoms with E-state index in [-0.39, 0.29) is 0 Å². The standard InChI is InChI=1S/C28H36BO3/c1-5-9-22-29(23-10-16-26(17-11-23)30-6-2,24-12-18-27(19-13-24)31-7-3)25-14-20-28(21-15-25)32-8-4/h10-21H,5-9,22H2,1-4H3/q-1. The van der Waals surface area contributed by atoms with Crippen molar-refractivity contribution in [3.05, 3.63) is 72.8 Å². The molecule has 0 heterocycles. The van der Waals surface area contributed by atoms with Crippen LogP contribution in [0.5, 0.6) is 17.2 Å². The molecule has 0 bridgehead atoms. The lowest BCUT2D eigenvalue weighted by atomic mass is 9.14. The summed E-state index contributed by atoms with van der Waals surface area (Å²) >= 11 is 0. The zero-order valence-electron chi connectivity index (χ0n) is 20.0. The second kappa shape index (κ2) is 11.7. The van der Waals surface area contributed by atoms with Crippen LogP contribution in [-0.4, -0.2) is 26.0 Å². The van der Waals surface area contributed by atoms with Crippen molar-refractivity contribution in [2.24, 2.45) is 0 Å². The van der Waals surface area contributed by atoms with Gasteiger partial charge in [-0.05, 0) is 57.2 Å². The number of benzene rings is 3. The molecule has 0 saturated carbocycles. The van der Waals surface area contributed by atoms with Gasteiger partial charge in [-0.3, -0.25) is 0 Å². The normalized spacial score (nSPS) is 11.2. The maximum absolute atomic E-state index is 5.73. The summed E-state index contributed by atoms with van der Waals surface area (Å²) in [6.45, 7) is 10.3. The van der Waals surface area contributed by atoms with Gasteiger partial charge in [0, 0.05) is 0 Å². The van der Waals surface area contributed by atoms with Gasteiger partial charge in [0.05, 0.1) is 26.0 Å². The third kappa shape index (κ3) is 5.30. The molecule has 0 atom stereocenters. The van der Waals surface area contributed by atoms with Crippen LogP contribution in [0.3, 0.4) is 0 Å². The number of ether oxygens (including phenoxy) is 3.